The van der Waals surface area contributed by atoms with Crippen LogP contribution in [0.25, 0.3) is 11.0 Å². The van der Waals surface area contributed by atoms with Gasteiger partial charge in [-0.3, -0.25) is 0 Å². The first-order chi connectivity index (χ1) is 8.49. The number of hydrogen-bond acceptors (Lipinski definition) is 3. The number of imidazole rings is 1. The first-order valence-electron chi connectivity index (χ1n) is 6.25. The van der Waals surface area contributed by atoms with Crippen LogP contribution in [0.2, 0.25) is 0 Å². The molecule has 0 atom stereocenters. The number of fused-ring (bicyclic) bond motifs is 1. The van der Waals surface area contributed by atoms with E-state index in [-0.39, 0.29) is 5.54 Å². The molecule has 0 aliphatic heterocycles. The van der Waals surface area contributed by atoms with Gasteiger partial charge in [-0.2, -0.15) is 0 Å². The van der Waals surface area contributed by atoms with Gasteiger partial charge in [0.25, 0.3) is 0 Å². The van der Waals surface area contributed by atoms with Crippen LogP contribution in [0.4, 0.5) is 0 Å². The van der Waals surface area contributed by atoms with E-state index < -0.39 is 0 Å². The number of methoxy groups -OCH3 is 1. The molecule has 4 heteroatoms. The second kappa shape index (κ2) is 4.61. The number of rotatable bonds is 4. The molecule has 0 aliphatic rings. The normalized spacial score (nSPS) is 12.1. The Labute approximate surface area is 108 Å². The smallest absolute Gasteiger partial charge is 0.129 e. The standard InChI is InChI=1S/C14H21N3O/c1-6-15-14(2,3)13-16-11-9-10(18-5)7-8-12(11)17(13)4/h7-9,15H,6H2,1-5H3. The van der Waals surface area contributed by atoms with E-state index in [4.69, 9.17) is 9.72 Å². The lowest BCUT2D eigenvalue weighted by Gasteiger charge is -2.25. The van der Waals surface area contributed by atoms with Gasteiger partial charge in [0.05, 0.1) is 23.7 Å². The van der Waals surface area contributed by atoms with Crippen molar-refractivity contribution >= 4 is 11.0 Å². The number of nitrogens with zero attached hydrogens (tertiary/aromatic N) is 2. The third kappa shape index (κ3) is 2.08. The maximum absolute atomic E-state index is 5.24. The van der Waals surface area contributed by atoms with E-state index >= 15 is 0 Å². The van der Waals surface area contributed by atoms with Gasteiger partial charge in [-0.05, 0) is 32.5 Å². The lowest BCUT2D eigenvalue weighted by atomic mass is 10.1. The molecule has 4 nitrogen and oxygen atoms in total. The number of aromatic nitrogens is 2. The van der Waals surface area contributed by atoms with Crippen molar-refractivity contribution in [3.05, 3.63) is 24.0 Å². The first-order valence-corrected chi connectivity index (χ1v) is 6.25. The Morgan fingerprint density at radius 3 is 2.72 bits per heavy atom. The van der Waals surface area contributed by atoms with Gasteiger partial charge in [0, 0.05) is 13.1 Å². The number of benzene rings is 1. The van der Waals surface area contributed by atoms with E-state index in [0.717, 1.165) is 29.2 Å². The molecule has 2 aromatic rings. The Morgan fingerprint density at radius 1 is 1.39 bits per heavy atom. The zero-order valence-corrected chi connectivity index (χ0v) is 11.7. The lowest BCUT2D eigenvalue weighted by molar-refractivity contribution is 0.382. The highest BCUT2D eigenvalue weighted by molar-refractivity contribution is 5.78. The highest BCUT2D eigenvalue weighted by Gasteiger charge is 2.25. The maximum atomic E-state index is 5.24. The van der Waals surface area contributed by atoms with Gasteiger partial charge < -0.3 is 14.6 Å². The summed E-state index contributed by atoms with van der Waals surface area (Å²) in [6.07, 6.45) is 0. The summed E-state index contributed by atoms with van der Waals surface area (Å²) in [5.74, 6) is 1.88. The molecule has 0 saturated heterocycles. The van der Waals surface area contributed by atoms with Crippen molar-refractivity contribution in [1.82, 2.24) is 14.9 Å². The molecule has 0 aliphatic carbocycles. The van der Waals surface area contributed by atoms with Crippen LogP contribution in [0.3, 0.4) is 0 Å². The van der Waals surface area contributed by atoms with Gasteiger partial charge in [-0.1, -0.05) is 6.92 Å². The molecular formula is C14H21N3O. The van der Waals surface area contributed by atoms with Crippen molar-refractivity contribution in [3.63, 3.8) is 0 Å². The van der Waals surface area contributed by atoms with Crippen LogP contribution in [0, 0.1) is 0 Å². The summed E-state index contributed by atoms with van der Waals surface area (Å²) in [4.78, 5) is 4.73. The number of ether oxygens (including phenoxy) is 1. The third-order valence-electron chi connectivity index (χ3n) is 3.27. The van der Waals surface area contributed by atoms with Crippen LogP contribution in [0.15, 0.2) is 18.2 Å². The molecule has 1 aromatic carbocycles. The van der Waals surface area contributed by atoms with Crippen LogP contribution >= 0.6 is 0 Å². The van der Waals surface area contributed by atoms with Crippen LogP contribution in [0.5, 0.6) is 5.75 Å². The van der Waals surface area contributed by atoms with Crippen molar-refractivity contribution in [3.8, 4) is 5.75 Å². The van der Waals surface area contributed by atoms with Gasteiger partial charge in [-0.25, -0.2) is 4.98 Å². The number of hydrogen-bond donors (Lipinski definition) is 1. The predicted molar refractivity (Wildman–Crippen MR) is 74.0 cm³/mol. The van der Waals surface area contributed by atoms with Gasteiger partial charge in [0.1, 0.15) is 11.6 Å². The van der Waals surface area contributed by atoms with E-state index in [2.05, 4.69) is 37.7 Å². The predicted octanol–water partition coefficient (Wildman–Crippen LogP) is 2.43. The maximum Gasteiger partial charge on any atom is 0.129 e. The molecular weight excluding hydrogens is 226 g/mol. The molecule has 0 bridgehead atoms. The summed E-state index contributed by atoms with van der Waals surface area (Å²) in [5, 5.41) is 3.45. The zero-order chi connectivity index (χ0) is 13.3. The lowest BCUT2D eigenvalue weighted by Crippen LogP contribution is -2.38. The largest absolute Gasteiger partial charge is 0.497 e. The van der Waals surface area contributed by atoms with E-state index in [1.807, 2.05) is 18.2 Å². The summed E-state index contributed by atoms with van der Waals surface area (Å²) >= 11 is 0. The van der Waals surface area contributed by atoms with Gasteiger partial charge >= 0.3 is 0 Å². The van der Waals surface area contributed by atoms with Crippen LogP contribution in [-0.2, 0) is 12.6 Å². The molecule has 0 saturated carbocycles. The fourth-order valence-corrected chi connectivity index (χ4v) is 2.39. The van der Waals surface area contributed by atoms with Gasteiger partial charge in [0.2, 0.25) is 0 Å². The minimum Gasteiger partial charge on any atom is -0.497 e. The fraction of sp³-hybridized carbons (Fsp3) is 0.500. The molecule has 98 valence electrons. The third-order valence-corrected chi connectivity index (χ3v) is 3.27. The Morgan fingerprint density at radius 2 is 2.11 bits per heavy atom. The zero-order valence-electron chi connectivity index (χ0n) is 11.7. The monoisotopic (exact) mass is 247 g/mol. The number of nitrogens with one attached hydrogen (secondary N) is 1. The highest BCUT2D eigenvalue weighted by Crippen LogP contribution is 2.26. The molecule has 1 N–H and O–H groups in total. The van der Waals surface area contributed by atoms with Crippen LogP contribution < -0.4 is 10.1 Å². The fourth-order valence-electron chi connectivity index (χ4n) is 2.39. The average Bonchev–Trinajstić information content (AvgIpc) is 2.67. The second-order valence-corrected chi connectivity index (χ2v) is 5.00. The van der Waals surface area contributed by atoms with Crippen molar-refractivity contribution < 1.29 is 4.74 Å². The molecule has 1 heterocycles. The topological polar surface area (TPSA) is 39.1 Å². The molecule has 0 radical (unpaired) electrons. The molecule has 18 heavy (non-hydrogen) atoms. The molecule has 2 rings (SSSR count). The van der Waals surface area contributed by atoms with Crippen LogP contribution in [-0.4, -0.2) is 23.2 Å². The van der Waals surface area contributed by atoms with Crippen molar-refractivity contribution in [2.45, 2.75) is 26.3 Å². The quantitative estimate of drug-likeness (QED) is 0.902. The Kier molecular flexibility index (Phi) is 3.30. The van der Waals surface area contributed by atoms with E-state index in [1.54, 1.807) is 7.11 Å². The SMILES string of the molecule is CCNC(C)(C)c1nc2cc(OC)ccc2n1C. The van der Waals surface area contributed by atoms with Crippen molar-refractivity contribution in [2.75, 3.05) is 13.7 Å². The second-order valence-electron chi connectivity index (χ2n) is 5.00. The van der Waals surface area contributed by atoms with E-state index in [0.29, 0.717) is 0 Å². The van der Waals surface area contributed by atoms with Crippen molar-refractivity contribution in [1.29, 1.82) is 0 Å². The highest BCUT2D eigenvalue weighted by atomic mass is 16.5. The Balaban J connectivity index is 2.56. The summed E-state index contributed by atoms with van der Waals surface area (Å²) < 4.78 is 7.38. The van der Waals surface area contributed by atoms with Gasteiger partial charge in [-0.15, -0.1) is 0 Å². The summed E-state index contributed by atoms with van der Waals surface area (Å²) in [5.41, 5.74) is 1.95. The van der Waals surface area contributed by atoms with E-state index in [1.165, 1.54) is 0 Å². The molecule has 1 aromatic heterocycles. The van der Waals surface area contributed by atoms with Gasteiger partial charge in [0.15, 0.2) is 0 Å². The number of aryl methyl sites for hydroxylation is 1. The minimum atomic E-state index is -0.143. The summed E-state index contributed by atoms with van der Waals surface area (Å²) in [6.45, 7) is 7.32. The molecule has 0 spiro atoms. The summed E-state index contributed by atoms with van der Waals surface area (Å²) in [7, 11) is 3.73. The van der Waals surface area contributed by atoms with Crippen LogP contribution in [0.1, 0.15) is 26.6 Å². The Bertz CT molecular complexity index is 557. The average molecular weight is 247 g/mol. The molecule has 0 amide bonds. The first kappa shape index (κ1) is 12.9. The van der Waals surface area contributed by atoms with E-state index in [9.17, 15) is 0 Å². The molecule has 0 fully saturated rings. The molecule has 0 unspecified atom stereocenters. The minimum absolute atomic E-state index is 0.143. The Hall–Kier alpha value is -1.55. The summed E-state index contributed by atoms with van der Waals surface area (Å²) in [6, 6.07) is 5.99. The van der Waals surface area contributed by atoms with Crippen molar-refractivity contribution in [2.24, 2.45) is 7.05 Å².